The zero-order valence-corrected chi connectivity index (χ0v) is 12.8. The molecule has 3 nitrogen and oxygen atoms in total. The summed E-state index contributed by atoms with van der Waals surface area (Å²) in [5.41, 5.74) is 1.77. The molecule has 1 aliphatic heterocycles. The summed E-state index contributed by atoms with van der Waals surface area (Å²) in [5, 5.41) is 18.8. The maximum atomic E-state index is 10.1. The first kappa shape index (κ1) is 16.0. The molecule has 2 N–H and O–H groups in total. The van der Waals surface area contributed by atoms with Gasteiger partial charge in [-0.1, -0.05) is 24.0 Å². The number of hydrogen-bond donors (Lipinski definition) is 2. The molecule has 0 aromatic heterocycles. The van der Waals surface area contributed by atoms with Crippen molar-refractivity contribution in [3.05, 3.63) is 35.4 Å². The van der Waals surface area contributed by atoms with E-state index in [1.54, 1.807) is 0 Å². The average Bonchev–Trinajstić information content (AvgIpc) is 2.62. The van der Waals surface area contributed by atoms with Crippen LogP contribution in [0, 0.1) is 11.8 Å². The van der Waals surface area contributed by atoms with Gasteiger partial charge in [-0.3, -0.25) is 4.90 Å². The molecule has 3 heteroatoms. The fourth-order valence-electron chi connectivity index (χ4n) is 2.65. The molecule has 1 unspecified atom stereocenters. The van der Waals surface area contributed by atoms with Gasteiger partial charge >= 0.3 is 0 Å². The Hall–Kier alpha value is -1.34. The van der Waals surface area contributed by atoms with Gasteiger partial charge in [-0.05, 0) is 50.4 Å². The summed E-state index contributed by atoms with van der Waals surface area (Å²) in [5.74, 6) is 5.97. The predicted octanol–water partition coefficient (Wildman–Crippen LogP) is 2.16. The topological polar surface area (TPSA) is 43.7 Å². The molecule has 0 amide bonds. The highest BCUT2D eigenvalue weighted by Gasteiger charge is 2.24. The minimum atomic E-state index is -0.499. The standard InChI is InChI=1S/C18H25NO2/c1-18(21)10-4-12-19(13-11-18)15-17-8-6-16(7-9-17)5-2-3-14-20/h6-9,20-21H,3-4,10-15H2,1H3. The number of likely N-dealkylation sites (tertiary alicyclic amines) is 1. The van der Waals surface area contributed by atoms with Gasteiger partial charge < -0.3 is 10.2 Å². The number of aliphatic hydroxyl groups excluding tert-OH is 1. The van der Waals surface area contributed by atoms with Crippen molar-refractivity contribution in [3.8, 4) is 11.8 Å². The maximum Gasteiger partial charge on any atom is 0.0632 e. The zero-order chi connectivity index (χ0) is 15.1. The number of rotatable bonds is 3. The molecule has 1 aliphatic rings. The van der Waals surface area contributed by atoms with Gasteiger partial charge in [-0.2, -0.15) is 0 Å². The van der Waals surface area contributed by atoms with E-state index in [1.165, 1.54) is 5.56 Å². The normalized spacial score (nSPS) is 23.2. The predicted molar refractivity (Wildman–Crippen MR) is 84.8 cm³/mol. The summed E-state index contributed by atoms with van der Waals surface area (Å²) in [6.07, 6.45) is 3.31. The third-order valence-electron chi connectivity index (χ3n) is 3.99. The molecule has 0 aliphatic carbocycles. The summed E-state index contributed by atoms with van der Waals surface area (Å²) < 4.78 is 0. The van der Waals surface area contributed by atoms with Crippen LogP contribution in [0.25, 0.3) is 0 Å². The molecule has 0 spiro atoms. The van der Waals surface area contributed by atoms with E-state index in [9.17, 15) is 5.11 Å². The molecule has 21 heavy (non-hydrogen) atoms. The third kappa shape index (κ3) is 5.51. The molecule has 1 heterocycles. The lowest BCUT2D eigenvalue weighted by Gasteiger charge is -2.22. The molecular weight excluding hydrogens is 262 g/mol. The molecule has 1 saturated heterocycles. The Morgan fingerprint density at radius 3 is 2.67 bits per heavy atom. The van der Waals surface area contributed by atoms with Crippen molar-refractivity contribution in [2.75, 3.05) is 19.7 Å². The lowest BCUT2D eigenvalue weighted by molar-refractivity contribution is 0.0444. The highest BCUT2D eigenvalue weighted by atomic mass is 16.3. The SMILES string of the molecule is CC1(O)CCCN(Cc2ccc(C#CCCO)cc2)CC1. The second kappa shape index (κ2) is 7.61. The largest absolute Gasteiger partial charge is 0.395 e. The van der Waals surface area contributed by atoms with Crippen molar-refractivity contribution >= 4 is 0 Å². The number of hydrogen-bond acceptors (Lipinski definition) is 3. The first-order valence-corrected chi connectivity index (χ1v) is 7.72. The Morgan fingerprint density at radius 1 is 1.19 bits per heavy atom. The minimum Gasteiger partial charge on any atom is -0.395 e. The van der Waals surface area contributed by atoms with E-state index in [-0.39, 0.29) is 6.61 Å². The van der Waals surface area contributed by atoms with E-state index < -0.39 is 5.60 Å². The minimum absolute atomic E-state index is 0.115. The Balaban J connectivity index is 1.90. The van der Waals surface area contributed by atoms with E-state index in [2.05, 4.69) is 28.9 Å². The van der Waals surface area contributed by atoms with Crippen LogP contribution in [-0.4, -0.2) is 40.4 Å². The second-order valence-electron chi connectivity index (χ2n) is 6.10. The van der Waals surface area contributed by atoms with Crippen LogP contribution >= 0.6 is 0 Å². The van der Waals surface area contributed by atoms with Crippen LogP contribution in [0.5, 0.6) is 0 Å². The Bertz CT molecular complexity index is 496. The summed E-state index contributed by atoms with van der Waals surface area (Å²) in [4.78, 5) is 2.41. The number of aliphatic hydroxyl groups is 2. The molecule has 1 fully saturated rings. The average molecular weight is 287 g/mol. The summed E-state index contributed by atoms with van der Waals surface area (Å²) >= 11 is 0. The molecule has 1 aromatic carbocycles. The van der Waals surface area contributed by atoms with Crippen LogP contribution < -0.4 is 0 Å². The van der Waals surface area contributed by atoms with Crippen LogP contribution in [0.1, 0.15) is 43.7 Å². The highest BCUT2D eigenvalue weighted by Crippen LogP contribution is 2.22. The van der Waals surface area contributed by atoms with Crippen molar-refractivity contribution in [1.29, 1.82) is 0 Å². The zero-order valence-electron chi connectivity index (χ0n) is 12.8. The van der Waals surface area contributed by atoms with E-state index in [4.69, 9.17) is 5.11 Å². The van der Waals surface area contributed by atoms with Crippen molar-refractivity contribution in [2.24, 2.45) is 0 Å². The van der Waals surface area contributed by atoms with Gasteiger partial charge in [0.05, 0.1) is 12.2 Å². The van der Waals surface area contributed by atoms with Crippen molar-refractivity contribution < 1.29 is 10.2 Å². The molecule has 114 valence electrons. The lowest BCUT2D eigenvalue weighted by Crippen LogP contribution is -2.28. The van der Waals surface area contributed by atoms with E-state index in [0.29, 0.717) is 6.42 Å². The van der Waals surface area contributed by atoms with Crippen molar-refractivity contribution in [1.82, 2.24) is 4.90 Å². The van der Waals surface area contributed by atoms with Crippen LogP contribution in [0.4, 0.5) is 0 Å². The third-order valence-corrected chi connectivity index (χ3v) is 3.99. The smallest absolute Gasteiger partial charge is 0.0632 e. The van der Waals surface area contributed by atoms with Gasteiger partial charge in [-0.25, -0.2) is 0 Å². The maximum absolute atomic E-state index is 10.1. The van der Waals surface area contributed by atoms with Crippen LogP contribution in [0.3, 0.4) is 0 Å². The first-order valence-electron chi connectivity index (χ1n) is 7.72. The Morgan fingerprint density at radius 2 is 1.95 bits per heavy atom. The fourth-order valence-corrected chi connectivity index (χ4v) is 2.65. The first-order chi connectivity index (χ1) is 10.1. The van der Waals surface area contributed by atoms with Crippen LogP contribution in [0.15, 0.2) is 24.3 Å². The summed E-state index contributed by atoms with van der Waals surface area (Å²) in [6, 6.07) is 8.30. The van der Waals surface area contributed by atoms with Gasteiger partial charge in [0.1, 0.15) is 0 Å². The lowest BCUT2D eigenvalue weighted by atomic mass is 9.98. The summed E-state index contributed by atoms with van der Waals surface area (Å²) in [7, 11) is 0. The van der Waals surface area contributed by atoms with E-state index in [0.717, 1.165) is 44.5 Å². The van der Waals surface area contributed by atoms with Crippen LogP contribution in [0.2, 0.25) is 0 Å². The number of nitrogens with zero attached hydrogens (tertiary/aromatic N) is 1. The monoisotopic (exact) mass is 287 g/mol. The Kier molecular flexibility index (Phi) is 5.81. The van der Waals surface area contributed by atoms with Gasteiger partial charge in [0, 0.05) is 25.1 Å². The fraction of sp³-hybridized carbons (Fsp3) is 0.556. The van der Waals surface area contributed by atoms with Gasteiger partial charge in [-0.15, -0.1) is 0 Å². The van der Waals surface area contributed by atoms with E-state index >= 15 is 0 Å². The highest BCUT2D eigenvalue weighted by molar-refractivity contribution is 5.36. The summed E-state index contributed by atoms with van der Waals surface area (Å²) in [6.45, 7) is 4.99. The molecule has 1 atom stereocenters. The molecular formula is C18H25NO2. The van der Waals surface area contributed by atoms with E-state index in [1.807, 2.05) is 19.1 Å². The Labute approximate surface area is 127 Å². The van der Waals surface area contributed by atoms with Crippen molar-refractivity contribution in [2.45, 2.75) is 44.8 Å². The van der Waals surface area contributed by atoms with Gasteiger partial charge in [0.25, 0.3) is 0 Å². The molecule has 0 radical (unpaired) electrons. The van der Waals surface area contributed by atoms with Crippen LogP contribution in [-0.2, 0) is 6.54 Å². The molecule has 0 saturated carbocycles. The van der Waals surface area contributed by atoms with Gasteiger partial charge in [0.2, 0.25) is 0 Å². The molecule has 2 rings (SSSR count). The quantitative estimate of drug-likeness (QED) is 0.837. The van der Waals surface area contributed by atoms with Crippen molar-refractivity contribution in [3.63, 3.8) is 0 Å². The number of benzene rings is 1. The molecule has 1 aromatic rings. The van der Waals surface area contributed by atoms with Gasteiger partial charge in [0.15, 0.2) is 0 Å². The second-order valence-corrected chi connectivity index (χ2v) is 6.10. The molecule has 0 bridgehead atoms.